The molecule has 0 atom stereocenters. The number of nitrogens with zero attached hydrogens (tertiary/aromatic N) is 2. The zero-order valence-corrected chi connectivity index (χ0v) is 14.3. The van der Waals surface area contributed by atoms with Crippen LogP contribution in [-0.2, 0) is 10.0 Å². The summed E-state index contributed by atoms with van der Waals surface area (Å²) in [7, 11) is -3.84. The summed E-state index contributed by atoms with van der Waals surface area (Å²) in [5.41, 5.74) is 2.87. The summed E-state index contributed by atoms with van der Waals surface area (Å²) in [5, 5.41) is 0. The molecule has 0 aliphatic carbocycles. The van der Waals surface area contributed by atoms with E-state index in [1.165, 1.54) is 18.2 Å². The van der Waals surface area contributed by atoms with Crippen LogP contribution in [0.4, 0.5) is 10.1 Å². The Morgan fingerprint density at radius 1 is 0.962 bits per heavy atom. The van der Waals surface area contributed by atoms with E-state index < -0.39 is 15.8 Å². The molecule has 1 N–H and O–H groups in total. The molecule has 26 heavy (non-hydrogen) atoms. The van der Waals surface area contributed by atoms with E-state index in [9.17, 15) is 12.8 Å². The van der Waals surface area contributed by atoms with Gasteiger partial charge in [-0.1, -0.05) is 24.3 Å². The first-order valence-electron chi connectivity index (χ1n) is 7.84. The molecule has 0 bridgehead atoms. The Bertz CT molecular complexity index is 1150. The van der Waals surface area contributed by atoms with E-state index in [2.05, 4.69) is 9.71 Å². The highest BCUT2D eigenvalue weighted by molar-refractivity contribution is 7.92. The van der Waals surface area contributed by atoms with Crippen molar-refractivity contribution < 1.29 is 12.8 Å². The van der Waals surface area contributed by atoms with E-state index in [1.807, 2.05) is 35.0 Å². The van der Waals surface area contributed by atoms with Crippen molar-refractivity contribution in [3.8, 4) is 11.3 Å². The Morgan fingerprint density at radius 2 is 1.77 bits per heavy atom. The van der Waals surface area contributed by atoms with Crippen molar-refractivity contribution >= 4 is 21.4 Å². The molecule has 0 saturated heterocycles. The molecule has 0 aliphatic rings. The lowest BCUT2D eigenvalue weighted by Crippen LogP contribution is -2.13. The number of hydrogen-bond acceptors (Lipinski definition) is 3. The lowest BCUT2D eigenvalue weighted by Gasteiger charge is -2.08. The van der Waals surface area contributed by atoms with Crippen molar-refractivity contribution in [2.75, 3.05) is 4.72 Å². The number of fused-ring (bicyclic) bond motifs is 1. The average Bonchev–Trinajstić information content (AvgIpc) is 3.06. The predicted molar refractivity (Wildman–Crippen MR) is 97.8 cm³/mol. The maximum atomic E-state index is 13.3. The SMILES string of the molecule is O=S(=O)(Nc1ccc(-c2cn3ccccc3n2)cc1)c1cccc(F)c1. The van der Waals surface area contributed by atoms with Gasteiger partial charge < -0.3 is 4.40 Å². The van der Waals surface area contributed by atoms with E-state index in [4.69, 9.17) is 0 Å². The molecule has 4 aromatic rings. The van der Waals surface area contributed by atoms with Gasteiger partial charge in [0.1, 0.15) is 11.5 Å². The Kier molecular flexibility index (Phi) is 3.93. The third-order valence-electron chi connectivity index (χ3n) is 3.90. The summed E-state index contributed by atoms with van der Waals surface area (Å²) in [6.07, 6.45) is 3.81. The molecule has 7 heteroatoms. The molecule has 2 aromatic carbocycles. The van der Waals surface area contributed by atoms with Gasteiger partial charge in [0.15, 0.2) is 0 Å². The summed E-state index contributed by atoms with van der Waals surface area (Å²) in [4.78, 5) is 4.40. The first-order chi connectivity index (χ1) is 12.5. The van der Waals surface area contributed by atoms with Gasteiger partial charge in [-0.25, -0.2) is 17.8 Å². The molecule has 0 unspecified atom stereocenters. The highest BCUT2D eigenvalue weighted by Gasteiger charge is 2.15. The minimum absolute atomic E-state index is 0.123. The van der Waals surface area contributed by atoms with Crippen LogP contribution in [0.2, 0.25) is 0 Å². The Hall–Kier alpha value is -3.19. The van der Waals surface area contributed by atoms with Crippen molar-refractivity contribution in [1.82, 2.24) is 9.38 Å². The Morgan fingerprint density at radius 3 is 2.50 bits per heavy atom. The molecule has 2 aromatic heterocycles. The number of sulfonamides is 1. The zero-order valence-electron chi connectivity index (χ0n) is 13.5. The highest BCUT2D eigenvalue weighted by atomic mass is 32.2. The third-order valence-corrected chi connectivity index (χ3v) is 5.28. The van der Waals surface area contributed by atoms with Gasteiger partial charge in [-0.3, -0.25) is 4.72 Å². The largest absolute Gasteiger partial charge is 0.306 e. The molecule has 0 aliphatic heterocycles. The van der Waals surface area contributed by atoms with Crippen molar-refractivity contribution in [3.63, 3.8) is 0 Å². The maximum absolute atomic E-state index is 13.3. The zero-order chi connectivity index (χ0) is 18.1. The molecular formula is C19H14FN3O2S. The Labute approximate surface area is 149 Å². The first-order valence-corrected chi connectivity index (χ1v) is 9.32. The predicted octanol–water partition coefficient (Wildman–Crippen LogP) is 3.94. The average molecular weight is 367 g/mol. The molecule has 0 spiro atoms. The number of imidazole rings is 1. The fourth-order valence-corrected chi connectivity index (χ4v) is 3.72. The van der Waals surface area contributed by atoms with Gasteiger partial charge in [-0.15, -0.1) is 0 Å². The number of anilines is 1. The van der Waals surface area contributed by atoms with Crippen LogP contribution in [0.5, 0.6) is 0 Å². The quantitative estimate of drug-likeness (QED) is 0.594. The number of nitrogens with one attached hydrogen (secondary N) is 1. The third kappa shape index (κ3) is 3.16. The van der Waals surface area contributed by atoms with Gasteiger partial charge in [0.05, 0.1) is 10.6 Å². The van der Waals surface area contributed by atoms with E-state index in [0.717, 1.165) is 23.0 Å². The molecule has 2 heterocycles. The Balaban J connectivity index is 1.59. The van der Waals surface area contributed by atoms with Crippen LogP contribution in [0.3, 0.4) is 0 Å². The fraction of sp³-hybridized carbons (Fsp3) is 0. The number of benzene rings is 2. The summed E-state index contributed by atoms with van der Waals surface area (Å²) >= 11 is 0. The van der Waals surface area contributed by atoms with Crippen molar-refractivity contribution in [1.29, 1.82) is 0 Å². The van der Waals surface area contributed by atoms with Gasteiger partial charge >= 0.3 is 0 Å². The second-order valence-electron chi connectivity index (χ2n) is 5.73. The van der Waals surface area contributed by atoms with E-state index in [0.29, 0.717) is 5.69 Å². The van der Waals surface area contributed by atoms with Gasteiger partial charge in [0.2, 0.25) is 0 Å². The van der Waals surface area contributed by atoms with Gasteiger partial charge in [0.25, 0.3) is 10.0 Å². The summed E-state index contributed by atoms with van der Waals surface area (Å²) < 4.78 is 42.3. The number of pyridine rings is 1. The monoisotopic (exact) mass is 367 g/mol. The number of rotatable bonds is 4. The fourth-order valence-electron chi connectivity index (χ4n) is 2.63. The van der Waals surface area contributed by atoms with Crippen molar-refractivity contribution in [2.24, 2.45) is 0 Å². The van der Waals surface area contributed by atoms with Crippen molar-refractivity contribution in [2.45, 2.75) is 4.90 Å². The van der Waals surface area contributed by atoms with Crippen LogP contribution in [-0.4, -0.2) is 17.8 Å². The second kappa shape index (κ2) is 6.27. The van der Waals surface area contributed by atoms with E-state index >= 15 is 0 Å². The lowest BCUT2D eigenvalue weighted by atomic mass is 10.1. The molecule has 0 saturated carbocycles. The first kappa shape index (κ1) is 16.3. The molecular weight excluding hydrogens is 353 g/mol. The minimum atomic E-state index is -3.84. The molecule has 0 radical (unpaired) electrons. The standard InChI is InChI=1S/C19H14FN3O2S/c20-15-4-3-5-17(12-15)26(24,25)22-16-9-7-14(8-10-16)18-13-23-11-2-1-6-19(23)21-18/h1-13,22H. The second-order valence-corrected chi connectivity index (χ2v) is 7.41. The molecule has 4 rings (SSSR count). The minimum Gasteiger partial charge on any atom is -0.306 e. The van der Waals surface area contributed by atoms with Crippen LogP contribution in [0, 0.1) is 5.82 Å². The normalized spacial score (nSPS) is 11.6. The molecule has 5 nitrogen and oxygen atoms in total. The van der Waals surface area contributed by atoms with E-state index in [-0.39, 0.29) is 4.90 Å². The lowest BCUT2D eigenvalue weighted by molar-refractivity contribution is 0.595. The summed E-state index contributed by atoms with van der Waals surface area (Å²) in [6, 6.07) is 17.5. The van der Waals surface area contributed by atoms with Crippen LogP contribution >= 0.6 is 0 Å². The summed E-state index contributed by atoms with van der Waals surface area (Å²) in [6.45, 7) is 0. The van der Waals surface area contributed by atoms with E-state index in [1.54, 1.807) is 24.3 Å². The van der Waals surface area contributed by atoms with Crippen LogP contribution in [0.25, 0.3) is 16.9 Å². The molecule has 0 fully saturated rings. The van der Waals surface area contributed by atoms with Crippen LogP contribution in [0.1, 0.15) is 0 Å². The van der Waals surface area contributed by atoms with Crippen LogP contribution in [0.15, 0.2) is 84.0 Å². The van der Waals surface area contributed by atoms with Gasteiger partial charge in [-0.2, -0.15) is 0 Å². The van der Waals surface area contributed by atoms with Gasteiger partial charge in [0, 0.05) is 23.6 Å². The molecule has 130 valence electrons. The highest BCUT2D eigenvalue weighted by Crippen LogP contribution is 2.23. The summed E-state index contributed by atoms with van der Waals surface area (Å²) in [5.74, 6) is -0.602. The van der Waals surface area contributed by atoms with Crippen LogP contribution < -0.4 is 4.72 Å². The number of aromatic nitrogens is 2. The van der Waals surface area contributed by atoms with Crippen molar-refractivity contribution in [3.05, 3.63) is 84.9 Å². The topological polar surface area (TPSA) is 63.5 Å². The number of halogens is 1. The number of hydrogen-bond donors (Lipinski definition) is 1. The smallest absolute Gasteiger partial charge is 0.261 e. The molecule has 0 amide bonds. The van der Waals surface area contributed by atoms with Gasteiger partial charge in [-0.05, 0) is 42.5 Å². The maximum Gasteiger partial charge on any atom is 0.261 e.